The van der Waals surface area contributed by atoms with Crippen molar-refractivity contribution < 1.29 is 0 Å². The summed E-state index contributed by atoms with van der Waals surface area (Å²) in [5.41, 5.74) is 2.51. The van der Waals surface area contributed by atoms with E-state index in [-0.39, 0.29) is 0 Å². The topological polar surface area (TPSA) is 15.3 Å². The molecular formula is C12H17BrN2. The van der Waals surface area contributed by atoms with Gasteiger partial charge in [-0.2, -0.15) is 0 Å². The van der Waals surface area contributed by atoms with Gasteiger partial charge in [0, 0.05) is 24.1 Å². The molecule has 0 saturated carbocycles. The molecule has 1 aliphatic rings. The first kappa shape index (κ1) is 10.8. The molecule has 0 bridgehead atoms. The van der Waals surface area contributed by atoms with Crippen LogP contribution in [0.3, 0.4) is 0 Å². The quantitative estimate of drug-likeness (QED) is 0.841. The van der Waals surface area contributed by atoms with E-state index in [1.165, 1.54) is 15.8 Å². The molecule has 1 unspecified atom stereocenters. The average molecular weight is 269 g/mol. The fourth-order valence-corrected chi connectivity index (χ4v) is 2.86. The van der Waals surface area contributed by atoms with Crippen LogP contribution in [0.1, 0.15) is 13.8 Å². The number of benzene rings is 1. The number of fused-ring (bicyclic) bond motifs is 1. The number of para-hydroxylation sites is 1. The Balaban J connectivity index is 2.40. The van der Waals surface area contributed by atoms with Crippen LogP contribution in [0, 0.1) is 5.92 Å². The largest absolute Gasteiger partial charge is 0.381 e. The van der Waals surface area contributed by atoms with Crippen LogP contribution >= 0.6 is 15.9 Å². The van der Waals surface area contributed by atoms with Gasteiger partial charge in [0.1, 0.15) is 0 Å². The first-order chi connectivity index (χ1) is 7.11. The van der Waals surface area contributed by atoms with Gasteiger partial charge in [-0.25, -0.2) is 0 Å². The Bertz CT molecular complexity index is 363. The molecule has 1 atom stereocenters. The third-order valence-electron chi connectivity index (χ3n) is 3.11. The van der Waals surface area contributed by atoms with Gasteiger partial charge in [-0.05, 0) is 34.0 Å². The molecule has 82 valence electrons. The van der Waals surface area contributed by atoms with Crippen LogP contribution in [0.5, 0.6) is 0 Å². The Morgan fingerprint density at radius 2 is 2.20 bits per heavy atom. The van der Waals surface area contributed by atoms with Gasteiger partial charge in [-0.3, -0.25) is 0 Å². The molecule has 1 N–H and O–H groups in total. The summed E-state index contributed by atoms with van der Waals surface area (Å²) in [6, 6.07) is 6.86. The van der Waals surface area contributed by atoms with Crippen LogP contribution < -0.4 is 10.2 Å². The Morgan fingerprint density at radius 3 is 2.87 bits per heavy atom. The minimum Gasteiger partial charge on any atom is -0.381 e. The molecular weight excluding hydrogens is 252 g/mol. The van der Waals surface area contributed by atoms with Gasteiger partial charge in [0.05, 0.1) is 11.4 Å². The molecule has 0 spiro atoms. The van der Waals surface area contributed by atoms with Crippen LogP contribution in [0.25, 0.3) is 0 Å². The summed E-state index contributed by atoms with van der Waals surface area (Å²) in [5, 5.41) is 3.49. The van der Waals surface area contributed by atoms with Crippen LogP contribution in [-0.2, 0) is 0 Å². The highest BCUT2D eigenvalue weighted by molar-refractivity contribution is 9.10. The third-order valence-corrected chi connectivity index (χ3v) is 3.75. The number of rotatable bonds is 1. The van der Waals surface area contributed by atoms with E-state index in [1.807, 2.05) is 0 Å². The molecule has 0 radical (unpaired) electrons. The summed E-state index contributed by atoms with van der Waals surface area (Å²) >= 11 is 3.62. The molecule has 0 aromatic heterocycles. The van der Waals surface area contributed by atoms with Crippen molar-refractivity contribution in [3.63, 3.8) is 0 Å². The summed E-state index contributed by atoms with van der Waals surface area (Å²) in [6.45, 7) is 5.56. The smallest absolute Gasteiger partial charge is 0.0746 e. The normalized spacial score (nSPS) is 20.1. The van der Waals surface area contributed by atoms with Crippen molar-refractivity contribution in [2.75, 3.05) is 23.8 Å². The monoisotopic (exact) mass is 268 g/mol. The predicted octanol–water partition coefficient (Wildman–Crippen LogP) is 3.34. The molecule has 2 rings (SSSR count). The lowest BCUT2D eigenvalue weighted by Crippen LogP contribution is -2.45. The van der Waals surface area contributed by atoms with Crippen molar-refractivity contribution in [1.29, 1.82) is 0 Å². The van der Waals surface area contributed by atoms with E-state index >= 15 is 0 Å². The van der Waals surface area contributed by atoms with Crippen LogP contribution in [0.2, 0.25) is 0 Å². The number of likely N-dealkylation sites (N-methyl/N-ethyl adjacent to an activating group) is 1. The molecule has 3 heteroatoms. The zero-order valence-electron chi connectivity index (χ0n) is 9.42. The van der Waals surface area contributed by atoms with E-state index in [1.54, 1.807) is 0 Å². The van der Waals surface area contributed by atoms with Crippen molar-refractivity contribution in [3.05, 3.63) is 22.7 Å². The van der Waals surface area contributed by atoms with E-state index in [2.05, 4.69) is 65.2 Å². The molecule has 1 aromatic rings. The van der Waals surface area contributed by atoms with Crippen molar-refractivity contribution in [2.24, 2.45) is 5.92 Å². The van der Waals surface area contributed by atoms with E-state index in [4.69, 9.17) is 0 Å². The van der Waals surface area contributed by atoms with Gasteiger partial charge in [-0.1, -0.05) is 19.9 Å². The lowest BCUT2D eigenvalue weighted by molar-refractivity contribution is 0.482. The molecule has 0 saturated heterocycles. The summed E-state index contributed by atoms with van der Waals surface area (Å²) in [6.07, 6.45) is 0. The lowest BCUT2D eigenvalue weighted by Gasteiger charge is -2.39. The van der Waals surface area contributed by atoms with Crippen molar-refractivity contribution in [1.82, 2.24) is 0 Å². The second kappa shape index (κ2) is 4.05. The van der Waals surface area contributed by atoms with Gasteiger partial charge in [0.25, 0.3) is 0 Å². The van der Waals surface area contributed by atoms with Gasteiger partial charge in [0.15, 0.2) is 0 Å². The summed E-state index contributed by atoms with van der Waals surface area (Å²) < 4.78 is 1.17. The van der Waals surface area contributed by atoms with E-state index in [0.29, 0.717) is 12.0 Å². The molecule has 1 aliphatic heterocycles. The van der Waals surface area contributed by atoms with Crippen molar-refractivity contribution in [3.8, 4) is 0 Å². The van der Waals surface area contributed by atoms with E-state index in [0.717, 1.165) is 6.54 Å². The third kappa shape index (κ3) is 1.85. The van der Waals surface area contributed by atoms with Crippen LogP contribution in [0.15, 0.2) is 22.7 Å². The number of hydrogen-bond donors (Lipinski definition) is 1. The summed E-state index contributed by atoms with van der Waals surface area (Å²) in [5.74, 6) is 0.655. The molecule has 15 heavy (non-hydrogen) atoms. The Labute approximate surface area is 99.8 Å². The highest BCUT2D eigenvalue weighted by Gasteiger charge is 2.26. The SMILES string of the molecule is CC(C)C1CNc2cccc(Br)c2N1C. The van der Waals surface area contributed by atoms with Crippen LogP contribution in [-0.4, -0.2) is 19.6 Å². The average Bonchev–Trinajstić information content (AvgIpc) is 2.17. The molecule has 0 amide bonds. The molecule has 0 fully saturated rings. The molecule has 2 nitrogen and oxygen atoms in total. The second-order valence-electron chi connectivity index (χ2n) is 4.44. The van der Waals surface area contributed by atoms with E-state index < -0.39 is 0 Å². The first-order valence-corrected chi connectivity index (χ1v) is 6.15. The molecule has 1 aromatic carbocycles. The standard InChI is InChI=1S/C12H17BrN2/c1-8(2)11-7-14-10-6-4-5-9(13)12(10)15(11)3/h4-6,8,11,14H,7H2,1-3H3. The van der Waals surface area contributed by atoms with E-state index in [9.17, 15) is 0 Å². The Kier molecular flexibility index (Phi) is 2.91. The Hall–Kier alpha value is -0.700. The van der Waals surface area contributed by atoms with Crippen LogP contribution in [0.4, 0.5) is 11.4 Å². The summed E-state index contributed by atoms with van der Waals surface area (Å²) in [7, 11) is 2.18. The minimum atomic E-state index is 0.566. The maximum absolute atomic E-state index is 3.62. The number of anilines is 2. The first-order valence-electron chi connectivity index (χ1n) is 5.36. The van der Waals surface area contributed by atoms with Gasteiger partial charge in [0.2, 0.25) is 0 Å². The number of hydrogen-bond acceptors (Lipinski definition) is 2. The maximum atomic E-state index is 3.62. The predicted molar refractivity (Wildman–Crippen MR) is 69.7 cm³/mol. The minimum absolute atomic E-state index is 0.566. The highest BCUT2D eigenvalue weighted by Crippen LogP contribution is 2.38. The fourth-order valence-electron chi connectivity index (χ4n) is 2.22. The summed E-state index contributed by atoms with van der Waals surface area (Å²) in [4.78, 5) is 2.38. The number of nitrogens with one attached hydrogen (secondary N) is 1. The molecule has 1 heterocycles. The van der Waals surface area contributed by atoms with Crippen molar-refractivity contribution in [2.45, 2.75) is 19.9 Å². The zero-order chi connectivity index (χ0) is 11.0. The van der Waals surface area contributed by atoms with Gasteiger partial charge < -0.3 is 10.2 Å². The molecule has 0 aliphatic carbocycles. The van der Waals surface area contributed by atoms with Gasteiger partial charge in [-0.15, -0.1) is 0 Å². The Morgan fingerprint density at radius 1 is 1.47 bits per heavy atom. The maximum Gasteiger partial charge on any atom is 0.0746 e. The van der Waals surface area contributed by atoms with Gasteiger partial charge >= 0.3 is 0 Å². The number of halogens is 1. The highest BCUT2D eigenvalue weighted by atomic mass is 79.9. The lowest BCUT2D eigenvalue weighted by atomic mass is 9.99. The van der Waals surface area contributed by atoms with Crippen molar-refractivity contribution >= 4 is 27.3 Å². The zero-order valence-corrected chi connectivity index (χ0v) is 11.0. The number of nitrogens with zero attached hydrogens (tertiary/aromatic N) is 1. The second-order valence-corrected chi connectivity index (χ2v) is 5.29. The fraction of sp³-hybridized carbons (Fsp3) is 0.500.